The predicted molar refractivity (Wildman–Crippen MR) is 61.0 cm³/mol. The lowest BCUT2D eigenvalue weighted by atomic mass is 10.1. The molecule has 0 spiro atoms. The molecular weight excluding hydrogens is 242 g/mol. The molecule has 0 unspecified atom stereocenters. The maximum absolute atomic E-state index is 10.4. The second kappa shape index (κ2) is 7.80. The number of hydrogen-bond donors (Lipinski definition) is 4. The van der Waals surface area contributed by atoms with Crippen LogP contribution in [-0.2, 0) is 20.8 Å². The molecule has 0 heterocycles. The summed E-state index contributed by atoms with van der Waals surface area (Å²) in [6.07, 6.45) is 0.385. The largest absolute Gasteiger partial charge is 0.480 e. The van der Waals surface area contributed by atoms with Crippen LogP contribution in [0.3, 0.4) is 0 Å². The summed E-state index contributed by atoms with van der Waals surface area (Å²) in [4.78, 5) is 28.6. The molecular formula is C11H13NO6. The third kappa shape index (κ3) is 6.96. The molecule has 0 aromatic heterocycles. The Labute approximate surface area is 102 Å². The summed E-state index contributed by atoms with van der Waals surface area (Å²) in [7, 11) is 0. The molecule has 0 bridgehead atoms. The van der Waals surface area contributed by atoms with E-state index in [4.69, 9.17) is 30.6 Å². The Morgan fingerprint density at radius 3 is 1.78 bits per heavy atom. The van der Waals surface area contributed by atoms with Crippen molar-refractivity contribution in [3.8, 4) is 0 Å². The minimum Gasteiger partial charge on any atom is -0.480 e. The van der Waals surface area contributed by atoms with Crippen LogP contribution in [0.5, 0.6) is 0 Å². The van der Waals surface area contributed by atoms with Gasteiger partial charge in [-0.25, -0.2) is 9.59 Å². The van der Waals surface area contributed by atoms with Gasteiger partial charge in [-0.05, 0) is 12.0 Å². The summed E-state index contributed by atoms with van der Waals surface area (Å²) in [5.41, 5.74) is 6.30. The van der Waals surface area contributed by atoms with Crippen LogP contribution in [0, 0.1) is 0 Å². The first-order valence-electron chi connectivity index (χ1n) is 4.83. The van der Waals surface area contributed by atoms with Crippen molar-refractivity contribution < 1.29 is 29.7 Å². The van der Waals surface area contributed by atoms with Crippen molar-refractivity contribution in [2.45, 2.75) is 12.5 Å². The molecule has 1 rings (SSSR count). The van der Waals surface area contributed by atoms with Gasteiger partial charge in [0.2, 0.25) is 0 Å². The summed E-state index contributed by atoms with van der Waals surface area (Å²) in [6, 6.07) is 8.54. The second-order valence-electron chi connectivity index (χ2n) is 3.24. The highest BCUT2D eigenvalue weighted by Gasteiger charge is 2.10. The van der Waals surface area contributed by atoms with E-state index in [1.165, 1.54) is 0 Å². The molecule has 98 valence electrons. The smallest absolute Gasteiger partial charge is 0.414 e. The van der Waals surface area contributed by atoms with Crippen LogP contribution >= 0.6 is 0 Å². The molecule has 18 heavy (non-hydrogen) atoms. The van der Waals surface area contributed by atoms with E-state index in [2.05, 4.69) is 0 Å². The molecule has 0 saturated heterocycles. The molecule has 0 aliphatic carbocycles. The first-order valence-corrected chi connectivity index (χ1v) is 4.83. The molecule has 0 fully saturated rings. The highest BCUT2D eigenvalue weighted by molar-refractivity contribution is 6.27. The second-order valence-corrected chi connectivity index (χ2v) is 3.24. The summed E-state index contributed by atoms with van der Waals surface area (Å²) in [5, 5.41) is 23.3. The van der Waals surface area contributed by atoms with Gasteiger partial charge in [0.05, 0.1) is 0 Å². The maximum Gasteiger partial charge on any atom is 0.414 e. The molecule has 0 aliphatic rings. The molecule has 5 N–H and O–H groups in total. The standard InChI is InChI=1S/C9H11NO2.C2H2O4/c10-8(9(11)12)6-7-4-2-1-3-5-7;3-1(4)2(5)6/h1-5,8H,6,10H2,(H,11,12);(H,3,4)(H,5,6)/t8-;/m0./s1. The van der Waals surface area contributed by atoms with E-state index in [0.717, 1.165) is 5.56 Å². The van der Waals surface area contributed by atoms with Crippen molar-refractivity contribution in [3.05, 3.63) is 35.9 Å². The van der Waals surface area contributed by atoms with Gasteiger partial charge in [-0.3, -0.25) is 4.79 Å². The summed E-state index contributed by atoms with van der Waals surface area (Å²) in [6.45, 7) is 0. The molecule has 0 radical (unpaired) electrons. The maximum atomic E-state index is 10.4. The zero-order valence-electron chi connectivity index (χ0n) is 9.31. The van der Waals surface area contributed by atoms with Crippen LogP contribution in [0.2, 0.25) is 0 Å². The predicted octanol–water partition coefficient (Wildman–Crippen LogP) is -0.203. The number of carbonyl (C=O) groups is 3. The minimum absolute atomic E-state index is 0.385. The molecule has 7 heteroatoms. The molecule has 0 amide bonds. The molecule has 0 saturated carbocycles. The fraction of sp³-hybridized carbons (Fsp3) is 0.182. The van der Waals surface area contributed by atoms with E-state index in [1.54, 1.807) is 0 Å². The number of rotatable bonds is 3. The van der Waals surface area contributed by atoms with E-state index >= 15 is 0 Å². The van der Waals surface area contributed by atoms with Gasteiger partial charge in [0, 0.05) is 0 Å². The van der Waals surface area contributed by atoms with Gasteiger partial charge in [0.25, 0.3) is 0 Å². The zero-order valence-corrected chi connectivity index (χ0v) is 9.31. The van der Waals surface area contributed by atoms with E-state index in [-0.39, 0.29) is 0 Å². The zero-order chi connectivity index (χ0) is 14.1. The van der Waals surface area contributed by atoms with Crippen molar-refractivity contribution in [1.82, 2.24) is 0 Å². The lowest BCUT2D eigenvalue weighted by Crippen LogP contribution is -2.32. The highest BCUT2D eigenvalue weighted by atomic mass is 16.4. The fourth-order valence-electron chi connectivity index (χ4n) is 0.955. The molecule has 1 aromatic carbocycles. The van der Waals surface area contributed by atoms with Crippen molar-refractivity contribution in [2.24, 2.45) is 5.73 Å². The fourth-order valence-corrected chi connectivity index (χ4v) is 0.955. The Morgan fingerprint density at radius 1 is 1.00 bits per heavy atom. The minimum atomic E-state index is -1.82. The Kier molecular flexibility index (Phi) is 6.75. The highest BCUT2D eigenvalue weighted by Crippen LogP contribution is 2.01. The van der Waals surface area contributed by atoms with E-state index in [9.17, 15) is 4.79 Å². The number of carboxylic acids is 3. The lowest BCUT2D eigenvalue weighted by molar-refractivity contribution is -0.159. The summed E-state index contributed by atoms with van der Waals surface area (Å²) in [5.74, 6) is -4.61. The third-order valence-electron chi connectivity index (χ3n) is 1.80. The molecule has 1 atom stereocenters. The van der Waals surface area contributed by atoms with Crippen molar-refractivity contribution >= 4 is 17.9 Å². The number of hydrogen-bond acceptors (Lipinski definition) is 4. The molecule has 0 aliphatic heterocycles. The Morgan fingerprint density at radius 2 is 1.44 bits per heavy atom. The van der Waals surface area contributed by atoms with E-state index < -0.39 is 23.9 Å². The normalized spacial score (nSPS) is 10.7. The van der Waals surface area contributed by atoms with Gasteiger partial charge in [0.15, 0.2) is 0 Å². The average Bonchev–Trinajstić information content (AvgIpc) is 2.30. The van der Waals surface area contributed by atoms with Gasteiger partial charge in [-0.1, -0.05) is 30.3 Å². The van der Waals surface area contributed by atoms with Gasteiger partial charge < -0.3 is 21.1 Å². The third-order valence-corrected chi connectivity index (χ3v) is 1.80. The first kappa shape index (κ1) is 15.6. The Hall–Kier alpha value is -2.41. The van der Waals surface area contributed by atoms with Crippen LogP contribution < -0.4 is 5.73 Å². The van der Waals surface area contributed by atoms with Crippen molar-refractivity contribution in [2.75, 3.05) is 0 Å². The van der Waals surface area contributed by atoms with Crippen LogP contribution in [0.1, 0.15) is 5.56 Å². The number of carboxylic acid groups (broad SMARTS) is 3. The van der Waals surface area contributed by atoms with E-state index in [1.807, 2.05) is 30.3 Å². The van der Waals surface area contributed by atoms with Crippen LogP contribution in [0.15, 0.2) is 30.3 Å². The Bertz CT molecular complexity index is 405. The average molecular weight is 255 g/mol. The number of nitrogens with two attached hydrogens (primary N) is 1. The van der Waals surface area contributed by atoms with Crippen LogP contribution in [0.25, 0.3) is 0 Å². The quantitative estimate of drug-likeness (QED) is 0.548. The van der Waals surface area contributed by atoms with Gasteiger partial charge >= 0.3 is 17.9 Å². The summed E-state index contributed by atoms with van der Waals surface area (Å²) < 4.78 is 0. The number of benzene rings is 1. The Balaban J connectivity index is 0.000000411. The monoisotopic (exact) mass is 255 g/mol. The first-order chi connectivity index (χ1) is 8.34. The number of aliphatic carboxylic acids is 3. The van der Waals surface area contributed by atoms with Gasteiger partial charge in [-0.2, -0.15) is 0 Å². The van der Waals surface area contributed by atoms with Crippen molar-refractivity contribution in [1.29, 1.82) is 0 Å². The molecule has 1 aromatic rings. The summed E-state index contributed by atoms with van der Waals surface area (Å²) >= 11 is 0. The SMILES string of the molecule is N[C@@H](Cc1ccccc1)C(=O)O.O=C(O)C(=O)O. The van der Waals surface area contributed by atoms with Crippen LogP contribution in [-0.4, -0.2) is 39.3 Å². The molecule has 7 nitrogen and oxygen atoms in total. The van der Waals surface area contributed by atoms with Crippen molar-refractivity contribution in [3.63, 3.8) is 0 Å². The van der Waals surface area contributed by atoms with Gasteiger partial charge in [-0.15, -0.1) is 0 Å². The lowest BCUT2D eigenvalue weighted by Gasteiger charge is -2.04. The van der Waals surface area contributed by atoms with E-state index in [0.29, 0.717) is 6.42 Å². The topological polar surface area (TPSA) is 138 Å². The van der Waals surface area contributed by atoms with Crippen LogP contribution in [0.4, 0.5) is 0 Å². The van der Waals surface area contributed by atoms with Gasteiger partial charge in [0.1, 0.15) is 6.04 Å².